The molecule has 1 fully saturated rings. The molecule has 1 aromatic carbocycles. The van der Waals surface area contributed by atoms with Gasteiger partial charge in [-0.1, -0.05) is 15.9 Å². The third-order valence-corrected chi connectivity index (χ3v) is 4.25. The minimum Gasteiger partial charge on any atom is -0.480 e. The molecule has 0 spiro atoms. The van der Waals surface area contributed by atoms with Crippen LogP contribution in [0, 0.1) is 0 Å². The van der Waals surface area contributed by atoms with Crippen molar-refractivity contribution in [1.29, 1.82) is 0 Å². The Morgan fingerprint density at radius 2 is 2.00 bits per heavy atom. The molecule has 2 heterocycles. The highest BCUT2D eigenvalue weighted by molar-refractivity contribution is 9.10. The first-order valence-electron chi connectivity index (χ1n) is 6.90. The molecule has 1 atom stereocenters. The lowest BCUT2D eigenvalue weighted by atomic mass is 10.2. The number of hydrogen-bond acceptors (Lipinski definition) is 3. The number of aliphatic carboxylic acids is 1. The van der Waals surface area contributed by atoms with Gasteiger partial charge in [-0.15, -0.1) is 0 Å². The normalized spacial score (nSPS) is 17.7. The SMILES string of the molecule is O=C(O)[C@@H]1CCCN1C(=O)c1cn(-c2ccc(Br)cc2)cn1. The number of carbonyl (C=O) groups is 2. The average molecular weight is 364 g/mol. The minimum atomic E-state index is -0.960. The molecule has 1 amide bonds. The zero-order chi connectivity index (χ0) is 15.7. The second-order valence-electron chi connectivity index (χ2n) is 5.14. The van der Waals surface area contributed by atoms with Crippen LogP contribution in [0.25, 0.3) is 5.69 Å². The molecule has 0 saturated carbocycles. The van der Waals surface area contributed by atoms with Crippen molar-refractivity contribution in [1.82, 2.24) is 14.5 Å². The monoisotopic (exact) mass is 363 g/mol. The molecular weight excluding hydrogens is 350 g/mol. The van der Waals surface area contributed by atoms with Crippen LogP contribution in [-0.4, -0.2) is 44.0 Å². The second-order valence-corrected chi connectivity index (χ2v) is 6.05. The van der Waals surface area contributed by atoms with Gasteiger partial charge in [0.1, 0.15) is 18.1 Å². The number of aromatic nitrogens is 2. The Morgan fingerprint density at radius 3 is 2.68 bits per heavy atom. The Balaban J connectivity index is 1.82. The predicted octanol–water partition coefficient (Wildman–Crippen LogP) is 2.32. The van der Waals surface area contributed by atoms with Crippen molar-refractivity contribution < 1.29 is 14.7 Å². The number of benzene rings is 1. The van der Waals surface area contributed by atoms with Crippen molar-refractivity contribution in [2.45, 2.75) is 18.9 Å². The van der Waals surface area contributed by atoms with Crippen LogP contribution in [0.15, 0.2) is 41.3 Å². The number of carbonyl (C=O) groups excluding carboxylic acids is 1. The summed E-state index contributed by atoms with van der Waals surface area (Å²) >= 11 is 3.37. The van der Waals surface area contributed by atoms with E-state index in [0.717, 1.165) is 10.2 Å². The van der Waals surface area contributed by atoms with Gasteiger partial charge in [0.2, 0.25) is 0 Å². The summed E-state index contributed by atoms with van der Waals surface area (Å²) in [5.74, 6) is -1.29. The van der Waals surface area contributed by atoms with Gasteiger partial charge < -0.3 is 14.6 Å². The molecule has 3 rings (SSSR count). The van der Waals surface area contributed by atoms with Gasteiger partial charge in [-0.25, -0.2) is 9.78 Å². The van der Waals surface area contributed by atoms with E-state index in [-0.39, 0.29) is 11.6 Å². The molecule has 114 valence electrons. The molecule has 0 unspecified atom stereocenters. The fourth-order valence-electron chi connectivity index (χ4n) is 2.60. The number of rotatable bonds is 3. The summed E-state index contributed by atoms with van der Waals surface area (Å²) in [6.07, 6.45) is 4.38. The number of nitrogens with zero attached hydrogens (tertiary/aromatic N) is 3. The molecule has 6 nitrogen and oxygen atoms in total. The highest BCUT2D eigenvalue weighted by Gasteiger charge is 2.35. The lowest BCUT2D eigenvalue weighted by Gasteiger charge is -2.20. The molecule has 1 N–H and O–H groups in total. The Bertz CT molecular complexity index is 711. The average Bonchev–Trinajstić information content (AvgIpc) is 3.17. The first-order valence-corrected chi connectivity index (χ1v) is 7.69. The number of halogens is 1. The van der Waals surface area contributed by atoms with Gasteiger partial charge in [-0.3, -0.25) is 4.79 Å². The van der Waals surface area contributed by atoms with Crippen LogP contribution in [0.1, 0.15) is 23.3 Å². The molecule has 1 saturated heterocycles. The maximum atomic E-state index is 12.4. The van der Waals surface area contributed by atoms with Crippen LogP contribution in [0.4, 0.5) is 0 Å². The lowest BCUT2D eigenvalue weighted by Crippen LogP contribution is -2.40. The summed E-state index contributed by atoms with van der Waals surface area (Å²) in [6, 6.07) is 6.85. The molecule has 0 radical (unpaired) electrons. The molecule has 7 heteroatoms. The van der Waals surface area contributed by atoms with E-state index in [0.29, 0.717) is 19.4 Å². The fraction of sp³-hybridized carbons (Fsp3) is 0.267. The number of imidazole rings is 1. The Hall–Kier alpha value is -2.15. The van der Waals surface area contributed by atoms with E-state index < -0.39 is 12.0 Å². The Kier molecular flexibility index (Phi) is 3.98. The molecule has 1 aliphatic rings. The summed E-state index contributed by atoms with van der Waals surface area (Å²) in [4.78, 5) is 29.1. The molecule has 2 aromatic rings. The first-order chi connectivity index (χ1) is 10.6. The standard InChI is InChI=1S/C15H14BrN3O3/c16-10-3-5-11(6-4-10)18-8-12(17-9-18)14(20)19-7-1-2-13(19)15(21)22/h3-6,8-9,13H,1-2,7H2,(H,21,22)/t13-/m0/s1. The van der Waals surface area contributed by atoms with E-state index in [1.165, 1.54) is 4.90 Å². The molecular formula is C15H14BrN3O3. The molecule has 1 aliphatic heterocycles. The molecule has 22 heavy (non-hydrogen) atoms. The van der Waals surface area contributed by atoms with Crippen molar-refractivity contribution in [2.75, 3.05) is 6.54 Å². The largest absolute Gasteiger partial charge is 0.480 e. The van der Waals surface area contributed by atoms with E-state index in [9.17, 15) is 9.59 Å². The third-order valence-electron chi connectivity index (χ3n) is 3.73. The van der Waals surface area contributed by atoms with Crippen molar-refractivity contribution in [3.8, 4) is 5.69 Å². The number of carboxylic acids is 1. The van der Waals surface area contributed by atoms with Crippen LogP contribution < -0.4 is 0 Å². The van der Waals surface area contributed by atoms with Crippen molar-refractivity contribution >= 4 is 27.8 Å². The quantitative estimate of drug-likeness (QED) is 0.907. The first kappa shape index (κ1) is 14.8. The lowest BCUT2D eigenvalue weighted by molar-refractivity contribution is -0.141. The van der Waals surface area contributed by atoms with E-state index >= 15 is 0 Å². The number of amides is 1. The van der Waals surface area contributed by atoms with Crippen LogP contribution in [0.3, 0.4) is 0 Å². The summed E-state index contributed by atoms with van der Waals surface area (Å²) in [5, 5.41) is 9.16. The Morgan fingerprint density at radius 1 is 1.27 bits per heavy atom. The van der Waals surface area contributed by atoms with E-state index in [1.807, 2.05) is 24.3 Å². The van der Waals surface area contributed by atoms with Crippen LogP contribution in [0.5, 0.6) is 0 Å². The smallest absolute Gasteiger partial charge is 0.326 e. The number of carboxylic acid groups (broad SMARTS) is 1. The van der Waals surface area contributed by atoms with Gasteiger partial charge in [0.25, 0.3) is 5.91 Å². The summed E-state index contributed by atoms with van der Waals surface area (Å²) in [7, 11) is 0. The molecule has 0 aliphatic carbocycles. The van der Waals surface area contributed by atoms with E-state index in [1.54, 1.807) is 17.1 Å². The van der Waals surface area contributed by atoms with Gasteiger partial charge in [-0.05, 0) is 37.1 Å². The third kappa shape index (κ3) is 2.76. The number of hydrogen-bond donors (Lipinski definition) is 1. The van der Waals surface area contributed by atoms with Crippen LogP contribution in [0.2, 0.25) is 0 Å². The van der Waals surface area contributed by atoms with Crippen molar-refractivity contribution in [3.05, 3.63) is 47.0 Å². The van der Waals surface area contributed by atoms with Crippen molar-refractivity contribution in [2.24, 2.45) is 0 Å². The van der Waals surface area contributed by atoms with E-state index in [4.69, 9.17) is 5.11 Å². The topological polar surface area (TPSA) is 75.4 Å². The molecule has 0 bridgehead atoms. The van der Waals surface area contributed by atoms with Gasteiger partial charge >= 0.3 is 5.97 Å². The number of likely N-dealkylation sites (tertiary alicyclic amines) is 1. The molecule has 1 aromatic heterocycles. The summed E-state index contributed by atoms with van der Waals surface area (Å²) in [6.45, 7) is 0.459. The van der Waals surface area contributed by atoms with Gasteiger partial charge in [0.15, 0.2) is 0 Å². The summed E-state index contributed by atoms with van der Waals surface area (Å²) in [5.41, 5.74) is 1.14. The maximum absolute atomic E-state index is 12.4. The fourth-order valence-corrected chi connectivity index (χ4v) is 2.87. The van der Waals surface area contributed by atoms with Gasteiger partial charge in [0, 0.05) is 22.9 Å². The summed E-state index contributed by atoms with van der Waals surface area (Å²) < 4.78 is 2.71. The second kappa shape index (κ2) is 5.92. The van der Waals surface area contributed by atoms with Crippen molar-refractivity contribution in [3.63, 3.8) is 0 Å². The highest BCUT2D eigenvalue weighted by atomic mass is 79.9. The zero-order valence-electron chi connectivity index (χ0n) is 11.6. The van der Waals surface area contributed by atoms with Crippen LogP contribution in [-0.2, 0) is 4.79 Å². The van der Waals surface area contributed by atoms with Crippen LogP contribution >= 0.6 is 15.9 Å². The predicted molar refractivity (Wildman–Crippen MR) is 83.0 cm³/mol. The van der Waals surface area contributed by atoms with Gasteiger partial charge in [0.05, 0.1) is 0 Å². The zero-order valence-corrected chi connectivity index (χ0v) is 13.2. The maximum Gasteiger partial charge on any atom is 0.326 e. The Labute approximate surface area is 135 Å². The van der Waals surface area contributed by atoms with E-state index in [2.05, 4.69) is 20.9 Å². The van der Waals surface area contributed by atoms with Gasteiger partial charge in [-0.2, -0.15) is 0 Å². The minimum absolute atomic E-state index is 0.260. The highest BCUT2D eigenvalue weighted by Crippen LogP contribution is 2.20.